The van der Waals surface area contributed by atoms with Gasteiger partial charge in [-0.3, -0.25) is 9.69 Å². The minimum atomic E-state index is -0.0840. The van der Waals surface area contributed by atoms with Gasteiger partial charge < -0.3 is 20.3 Å². The van der Waals surface area contributed by atoms with Gasteiger partial charge >= 0.3 is 0 Å². The standard InChI is InChI=1S/C18H28N6O2/c1-12-11-26-8-7-24(12)18-16-14(21-17(22-18)13(2)25)9-20-10-15(16)23-5-3-19-4-6-23/h12,15,19-20H,3-11H2,1-2H3. The van der Waals surface area contributed by atoms with E-state index in [2.05, 4.69) is 32.3 Å². The Kier molecular flexibility index (Phi) is 5.17. The molecule has 0 aliphatic carbocycles. The molecule has 0 spiro atoms. The summed E-state index contributed by atoms with van der Waals surface area (Å²) in [6.45, 7) is 11.5. The van der Waals surface area contributed by atoms with E-state index in [1.54, 1.807) is 0 Å². The minimum absolute atomic E-state index is 0.0840. The quantitative estimate of drug-likeness (QED) is 0.727. The Balaban J connectivity index is 1.79. The number of carbonyl (C=O) groups excluding carboxylic acids is 1. The molecule has 3 aliphatic heterocycles. The highest BCUT2D eigenvalue weighted by Gasteiger charge is 2.35. The fraction of sp³-hybridized carbons (Fsp3) is 0.722. The Morgan fingerprint density at radius 2 is 2.00 bits per heavy atom. The van der Waals surface area contributed by atoms with Crippen molar-refractivity contribution in [2.45, 2.75) is 32.5 Å². The van der Waals surface area contributed by atoms with E-state index in [1.807, 2.05) is 0 Å². The van der Waals surface area contributed by atoms with Gasteiger partial charge in [0, 0.05) is 58.3 Å². The molecule has 142 valence electrons. The molecule has 0 bridgehead atoms. The molecule has 4 heterocycles. The summed E-state index contributed by atoms with van der Waals surface area (Å²) >= 11 is 0. The Labute approximate surface area is 154 Å². The number of morpholine rings is 1. The summed E-state index contributed by atoms with van der Waals surface area (Å²) in [5.41, 5.74) is 2.16. The normalized spacial score (nSPS) is 27.2. The minimum Gasteiger partial charge on any atom is -0.377 e. The Morgan fingerprint density at radius 1 is 1.19 bits per heavy atom. The van der Waals surface area contributed by atoms with Gasteiger partial charge in [-0.1, -0.05) is 0 Å². The maximum Gasteiger partial charge on any atom is 0.197 e. The van der Waals surface area contributed by atoms with Crippen LogP contribution in [0.3, 0.4) is 0 Å². The molecule has 0 radical (unpaired) electrons. The molecule has 1 aromatic heterocycles. The van der Waals surface area contributed by atoms with Crippen molar-refractivity contribution >= 4 is 11.6 Å². The lowest BCUT2D eigenvalue weighted by Gasteiger charge is -2.42. The first-order valence-corrected chi connectivity index (χ1v) is 9.56. The average Bonchev–Trinajstić information content (AvgIpc) is 2.67. The lowest BCUT2D eigenvalue weighted by Crippen LogP contribution is -2.51. The number of carbonyl (C=O) groups is 1. The molecule has 8 nitrogen and oxygen atoms in total. The smallest absolute Gasteiger partial charge is 0.197 e. The first-order valence-electron chi connectivity index (χ1n) is 9.56. The van der Waals surface area contributed by atoms with Crippen LogP contribution in [0.2, 0.25) is 0 Å². The molecular weight excluding hydrogens is 332 g/mol. The van der Waals surface area contributed by atoms with Crippen molar-refractivity contribution < 1.29 is 9.53 Å². The van der Waals surface area contributed by atoms with Crippen molar-refractivity contribution in [1.29, 1.82) is 0 Å². The van der Waals surface area contributed by atoms with Gasteiger partial charge in [-0.25, -0.2) is 9.97 Å². The zero-order valence-electron chi connectivity index (χ0n) is 15.6. The highest BCUT2D eigenvalue weighted by Crippen LogP contribution is 2.35. The number of Topliss-reactive ketones (excluding diaryl/α,β-unsaturated/α-hetero) is 1. The topological polar surface area (TPSA) is 82.6 Å². The zero-order chi connectivity index (χ0) is 18.1. The van der Waals surface area contributed by atoms with Crippen LogP contribution in [-0.4, -0.2) is 79.2 Å². The third-order valence-electron chi connectivity index (χ3n) is 5.51. The molecular formula is C18H28N6O2. The summed E-state index contributed by atoms with van der Waals surface area (Å²) in [5.74, 6) is 1.17. The van der Waals surface area contributed by atoms with Gasteiger partial charge in [0.1, 0.15) is 5.82 Å². The maximum atomic E-state index is 12.0. The summed E-state index contributed by atoms with van der Waals surface area (Å²) < 4.78 is 5.62. The van der Waals surface area contributed by atoms with E-state index in [0.29, 0.717) is 25.6 Å². The van der Waals surface area contributed by atoms with Crippen molar-refractivity contribution in [1.82, 2.24) is 25.5 Å². The SMILES string of the molecule is CC(=O)c1nc2c(c(N3CCOCC3C)n1)C(N1CCNCC1)CNC2. The molecule has 2 fully saturated rings. The Bertz CT molecular complexity index is 676. The monoisotopic (exact) mass is 360 g/mol. The number of aromatic nitrogens is 2. The molecule has 0 aromatic carbocycles. The zero-order valence-corrected chi connectivity index (χ0v) is 15.6. The number of hydrogen-bond donors (Lipinski definition) is 2. The van der Waals surface area contributed by atoms with E-state index in [1.165, 1.54) is 12.5 Å². The number of nitrogens with one attached hydrogen (secondary N) is 2. The molecule has 2 saturated heterocycles. The number of ether oxygens (including phenoxy) is 1. The Morgan fingerprint density at radius 3 is 2.73 bits per heavy atom. The van der Waals surface area contributed by atoms with E-state index >= 15 is 0 Å². The fourth-order valence-corrected chi connectivity index (χ4v) is 4.13. The van der Waals surface area contributed by atoms with Crippen molar-refractivity contribution in [3.05, 3.63) is 17.1 Å². The van der Waals surface area contributed by atoms with Crippen LogP contribution >= 0.6 is 0 Å². The van der Waals surface area contributed by atoms with Crippen LogP contribution in [0.25, 0.3) is 0 Å². The second-order valence-electron chi connectivity index (χ2n) is 7.34. The molecule has 0 amide bonds. The largest absolute Gasteiger partial charge is 0.377 e. The van der Waals surface area contributed by atoms with Gasteiger partial charge in [0.2, 0.25) is 0 Å². The van der Waals surface area contributed by atoms with Crippen LogP contribution in [0.1, 0.15) is 41.8 Å². The van der Waals surface area contributed by atoms with E-state index in [4.69, 9.17) is 9.72 Å². The fourth-order valence-electron chi connectivity index (χ4n) is 4.13. The van der Waals surface area contributed by atoms with Crippen molar-refractivity contribution in [2.75, 3.05) is 57.4 Å². The van der Waals surface area contributed by atoms with Crippen LogP contribution < -0.4 is 15.5 Å². The predicted molar refractivity (Wildman–Crippen MR) is 98.6 cm³/mol. The van der Waals surface area contributed by atoms with Gasteiger partial charge in [-0.05, 0) is 6.92 Å². The van der Waals surface area contributed by atoms with Crippen molar-refractivity contribution in [3.8, 4) is 0 Å². The lowest BCUT2D eigenvalue weighted by atomic mass is 9.97. The first kappa shape index (κ1) is 17.8. The highest BCUT2D eigenvalue weighted by molar-refractivity contribution is 5.90. The third kappa shape index (κ3) is 3.34. The van der Waals surface area contributed by atoms with Gasteiger partial charge in [0.05, 0.1) is 31.0 Å². The summed E-state index contributed by atoms with van der Waals surface area (Å²) in [6, 6.07) is 0.480. The molecule has 4 rings (SSSR count). The Hall–Kier alpha value is -1.61. The number of ketones is 1. The van der Waals surface area contributed by atoms with Crippen molar-refractivity contribution in [3.63, 3.8) is 0 Å². The van der Waals surface area contributed by atoms with Crippen LogP contribution in [0.4, 0.5) is 5.82 Å². The van der Waals surface area contributed by atoms with Crippen LogP contribution in [-0.2, 0) is 11.3 Å². The summed E-state index contributed by atoms with van der Waals surface area (Å²) in [5, 5.41) is 6.91. The van der Waals surface area contributed by atoms with Gasteiger partial charge in [-0.15, -0.1) is 0 Å². The maximum absolute atomic E-state index is 12.0. The first-order chi connectivity index (χ1) is 12.6. The molecule has 8 heteroatoms. The second-order valence-corrected chi connectivity index (χ2v) is 7.34. The van der Waals surface area contributed by atoms with Gasteiger partial charge in [0.25, 0.3) is 0 Å². The van der Waals surface area contributed by atoms with Gasteiger partial charge in [-0.2, -0.15) is 0 Å². The summed E-state index contributed by atoms with van der Waals surface area (Å²) in [7, 11) is 0. The number of anilines is 1. The second kappa shape index (κ2) is 7.56. The summed E-state index contributed by atoms with van der Waals surface area (Å²) in [6.07, 6.45) is 0. The summed E-state index contributed by atoms with van der Waals surface area (Å²) in [4.78, 5) is 26.2. The molecule has 2 atom stereocenters. The van der Waals surface area contributed by atoms with Crippen LogP contribution in [0.5, 0.6) is 0 Å². The van der Waals surface area contributed by atoms with E-state index in [9.17, 15) is 4.79 Å². The molecule has 26 heavy (non-hydrogen) atoms. The molecule has 3 aliphatic rings. The number of fused-ring (bicyclic) bond motifs is 1. The number of nitrogens with zero attached hydrogens (tertiary/aromatic N) is 4. The molecule has 0 saturated carbocycles. The predicted octanol–water partition coefficient (Wildman–Crippen LogP) is -0.0462. The highest BCUT2D eigenvalue weighted by atomic mass is 16.5. The molecule has 1 aromatic rings. The van der Waals surface area contributed by atoms with E-state index in [0.717, 1.165) is 50.8 Å². The molecule has 2 N–H and O–H groups in total. The van der Waals surface area contributed by atoms with Crippen LogP contribution in [0, 0.1) is 0 Å². The third-order valence-corrected chi connectivity index (χ3v) is 5.51. The van der Waals surface area contributed by atoms with E-state index < -0.39 is 0 Å². The van der Waals surface area contributed by atoms with Gasteiger partial charge in [0.15, 0.2) is 11.6 Å². The number of hydrogen-bond acceptors (Lipinski definition) is 8. The number of piperazine rings is 1. The average molecular weight is 360 g/mol. The number of rotatable bonds is 3. The van der Waals surface area contributed by atoms with E-state index in [-0.39, 0.29) is 17.9 Å². The van der Waals surface area contributed by atoms with Crippen molar-refractivity contribution in [2.24, 2.45) is 0 Å². The molecule has 2 unspecified atom stereocenters. The lowest BCUT2D eigenvalue weighted by molar-refractivity contribution is 0.0973. The van der Waals surface area contributed by atoms with Crippen LogP contribution in [0.15, 0.2) is 0 Å².